The van der Waals surface area contributed by atoms with Crippen LogP contribution in [0.5, 0.6) is 0 Å². The van der Waals surface area contributed by atoms with E-state index >= 15 is 0 Å². The lowest BCUT2D eigenvalue weighted by atomic mass is 10.0. The summed E-state index contributed by atoms with van der Waals surface area (Å²) in [5.41, 5.74) is 0. The Kier molecular flexibility index (Phi) is 31.1. The summed E-state index contributed by atoms with van der Waals surface area (Å²) in [6.45, 7) is 5.64. The van der Waals surface area contributed by atoms with Crippen LogP contribution in [-0.2, 0) is 33.3 Å². The van der Waals surface area contributed by atoms with E-state index in [1.807, 2.05) is 12.2 Å². The third kappa shape index (κ3) is 31.1. The van der Waals surface area contributed by atoms with Crippen LogP contribution in [0.3, 0.4) is 0 Å². The van der Waals surface area contributed by atoms with E-state index in [0.717, 1.165) is 64.2 Å². The normalized spacial score (nSPS) is 11.5. The first kappa shape index (κ1) is 40.9. The smallest absolute Gasteiger partial charge is 0.306 e. The van der Waals surface area contributed by atoms with Gasteiger partial charge in [0.25, 0.3) is 0 Å². The summed E-state index contributed by atoms with van der Waals surface area (Å²) < 4.78 is 21.4. The first-order valence-corrected chi connectivity index (χ1v) is 17.3. The quantitative estimate of drug-likeness (QED) is 0.0335. The molecule has 0 spiro atoms. The highest BCUT2D eigenvalue weighted by molar-refractivity contribution is 5.70. The van der Waals surface area contributed by atoms with Crippen LogP contribution >= 0.6 is 0 Å². The summed E-state index contributed by atoms with van der Waals surface area (Å²) in [7, 11) is 1.62. The standard InChI is InChI=1S/C36H64O7/c1-4-6-8-10-12-14-22-31-41-34(37)27-20-16-18-25-33(43-36(39)29-24-30-40-3)26-19-17-21-28-35(38)42-32-23-15-13-11-9-7-5-2/h14-15,22-23,33H,4-13,16-21,24-32H2,1-3H3/b22-14+,23-15+. The fourth-order valence-corrected chi connectivity index (χ4v) is 4.68. The molecule has 0 aromatic heterocycles. The van der Waals surface area contributed by atoms with Crippen LogP contribution in [0.4, 0.5) is 0 Å². The second kappa shape index (κ2) is 32.8. The van der Waals surface area contributed by atoms with Crippen molar-refractivity contribution in [3.05, 3.63) is 24.3 Å². The Morgan fingerprint density at radius 1 is 0.535 bits per heavy atom. The van der Waals surface area contributed by atoms with E-state index in [0.29, 0.717) is 45.5 Å². The van der Waals surface area contributed by atoms with Crippen LogP contribution in [0.15, 0.2) is 24.3 Å². The highest BCUT2D eigenvalue weighted by Gasteiger charge is 2.15. The molecule has 0 aliphatic rings. The zero-order chi connectivity index (χ0) is 31.6. The summed E-state index contributed by atoms with van der Waals surface area (Å²) in [4.78, 5) is 36.3. The Balaban J connectivity index is 4.15. The molecule has 0 aliphatic heterocycles. The van der Waals surface area contributed by atoms with E-state index in [4.69, 9.17) is 18.9 Å². The molecule has 7 nitrogen and oxygen atoms in total. The third-order valence-electron chi connectivity index (χ3n) is 7.30. The van der Waals surface area contributed by atoms with E-state index in [1.165, 1.54) is 51.4 Å². The monoisotopic (exact) mass is 608 g/mol. The van der Waals surface area contributed by atoms with Gasteiger partial charge in [0, 0.05) is 33.0 Å². The molecule has 0 radical (unpaired) electrons. The fourth-order valence-electron chi connectivity index (χ4n) is 4.68. The van der Waals surface area contributed by atoms with Crippen molar-refractivity contribution in [2.75, 3.05) is 26.9 Å². The zero-order valence-electron chi connectivity index (χ0n) is 27.9. The van der Waals surface area contributed by atoms with Crippen molar-refractivity contribution >= 4 is 17.9 Å². The molecule has 43 heavy (non-hydrogen) atoms. The summed E-state index contributed by atoms with van der Waals surface area (Å²) in [5.74, 6) is -0.506. The Hall–Kier alpha value is -2.15. The SMILES string of the molecule is CCCCCC/C=C/COC(=O)CCCCCC(CCCCCC(=O)OC/C=C/CCCCCC)OC(=O)CCCOC. The highest BCUT2D eigenvalue weighted by atomic mass is 16.5. The van der Waals surface area contributed by atoms with Gasteiger partial charge in [0.15, 0.2) is 0 Å². The number of esters is 3. The lowest BCUT2D eigenvalue weighted by molar-refractivity contribution is -0.150. The summed E-state index contributed by atoms with van der Waals surface area (Å²) >= 11 is 0. The van der Waals surface area contributed by atoms with Crippen molar-refractivity contribution in [3.63, 3.8) is 0 Å². The Morgan fingerprint density at radius 3 is 1.47 bits per heavy atom. The number of rotatable bonds is 31. The number of ether oxygens (including phenoxy) is 4. The number of allylic oxidation sites excluding steroid dienone is 2. The number of methoxy groups -OCH3 is 1. The van der Waals surface area contributed by atoms with E-state index < -0.39 is 0 Å². The van der Waals surface area contributed by atoms with Crippen LogP contribution in [0.25, 0.3) is 0 Å². The van der Waals surface area contributed by atoms with Gasteiger partial charge in [-0.05, 0) is 70.6 Å². The van der Waals surface area contributed by atoms with Crippen LogP contribution in [-0.4, -0.2) is 50.9 Å². The van der Waals surface area contributed by atoms with Gasteiger partial charge in [-0.3, -0.25) is 14.4 Å². The van der Waals surface area contributed by atoms with Gasteiger partial charge in [-0.2, -0.15) is 0 Å². The number of hydrogen-bond donors (Lipinski definition) is 0. The number of carbonyl (C=O) groups excluding carboxylic acids is 3. The summed E-state index contributed by atoms with van der Waals surface area (Å²) in [6, 6.07) is 0. The Labute approximate surface area is 263 Å². The van der Waals surface area contributed by atoms with Gasteiger partial charge in [0.2, 0.25) is 0 Å². The predicted molar refractivity (Wildman–Crippen MR) is 175 cm³/mol. The number of unbranched alkanes of at least 4 members (excludes halogenated alkanes) is 12. The van der Waals surface area contributed by atoms with E-state index in [9.17, 15) is 14.4 Å². The lowest BCUT2D eigenvalue weighted by Crippen LogP contribution is -2.19. The molecule has 0 aliphatic carbocycles. The van der Waals surface area contributed by atoms with E-state index in [1.54, 1.807) is 7.11 Å². The maximum Gasteiger partial charge on any atom is 0.306 e. The molecule has 0 unspecified atom stereocenters. The van der Waals surface area contributed by atoms with Crippen molar-refractivity contribution < 1.29 is 33.3 Å². The minimum Gasteiger partial charge on any atom is -0.462 e. The van der Waals surface area contributed by atoms with E-state index in [2.05, 4.69) is 26.0 Å². The second-order valence-electron chi connectivity index (χ2n) is 11.4. The van der Waals surface area contributed by atoms with Gasteiger partial charge >= 0.3 is 17.9 Å². The molecule has 0 N–H and O–H groups in total. The molecule has 0 heterocycles. The average Bonchev–Trinajstić information content (AvgIpc) is 2.99. The molecule has 0 saturated carbocycles. The van der Waals surface area contributed by atoms with Gasteiger partial charge in [-0.25, -0.2) is 0 Å². The third-order valence-corrected chi connectivity index (χ3v) is 7.30. The topological polar surface area (TPSA) is 88.1 Å². The fraction of sp³-hybridized carbons (Fsp3) is 0.806. The van der Waals surface area contributed by atoms with Crippen molar-refractivity contribution in [2.45, 2.75) is 161 Å². The van der Waals surface area contributed by atoms with Gasteiger partial charge in [-0.15, -0.1) is 0 Å². The number of hydrogen-bond acceptors (Lipinski definition) is 7. The van der Waals surface area contributed by atoms with Crippen molar-refractivity contribution in [3.8, 4) is 0 Å². The molecule has 0 amide bonds. The van der Waals surface area contributed by atoms with Crippen molar-refractivity contribution in [1.82, 2.24) is 0 Å². The minimum absolute atomic E-state index is 0.140. The van der Waals surface area contributed by atoms with E-state index in [-0.39, 0.29) is 24.0 Å². The maximum atomic E-state index is 12.3. The Morgan fingerprint density at radius 2 is 1.00 bits per heavy atom. The molecule has 0 saturated heterocycles. The summed E-state index contributed by atoms with van der Waals surface area (Å²) in [6.07, 6.45) is 28.4. The Bertz CT molecular complexity index is 668. The van der Waals surface area contributed by atoms with Crippen LogP contribution in [0.1, 0.15) is 155 Å². The number of carbonyl (C=O) groups is 3. The first-order valence-electron chi connectivity index (χ1n) is 17.3. The molecular formula is C36H64O7. The summed E-state index contributed by atoms with van der Waals surface area (Å²) in [5, 5.41) is 0. The molecule has 0 fully saturated rings. The van der Waals surface area contributed by atoms with Crippen LogP contribution in [0, 0.1) is 0 Å². The molecular weight excluding hydrogens is 544 g/mol. The second-order valence-corrected chi connectivity index (χ2v) is 11.4. The lowest BCUT2D eigenvalue weighted by Gasteiger charge is -2.18. The zero-order valence-corrected chi connectivity index (χ0v) is 27.9. The van der Waals surface area contributed by atoms with Crippen LogP contribution in [0.2, 0.25) is 0 Å². The largest absolute Gasteiger partial charge is 0.462 e. The van der Waals surface area contributed by atoms with Gasteiger partial charge in [0.05, 0.1) is 0 Å². The van der Waals surface area contributed by atoms with Gasteiger partial charge < -0.3 is 18.9 Å². The van der Waals surface area contributed by atoms with Crippen molar-refractivity contribution in [1.29, 1.82) is 0 Å². The molecule has 250 valence electrons. The molecule has 0 atom stereocenters. The van der Waals surface area contributed by atoms with Gasteiger partial charge in [0.1, 0.15) is 19.3 Å². The maximum absolute atomic E-state index is 12.3. The molecule has 0 bridgehead atoms. The van der Waals surface area contributed by atoms with Crippen LogP contribution < -0.4 is 0 Å². The minimum atomic E-state index is -0.189. The predicted octanol–water partition coefficient (Wildman–Crippen LogP) is 9.37. The van der Waals surface area contributed by atoms with Gasteiger partial charge in [-0.1, -0.05) is 89.5 Å². The molecule has 0 aromatic carbocycles. The first-order chi connectivity index (χ1) is 21.0. The molecule has 0 rings (SSSR count). The molecule has 7 heteroatoms. The average molecular weight is 609 g/mol. The molecule has 0 aromatic rings. The highest BCUT2D eigenvalue weighted by Crippen LogP contribution is 2.17. The van der Waals surface area contributed by atoms with Crippen molar-refractivity contribution in [2.24, 2.45) is 0 Å².